The first-order valence-corrected chi connectivity index (χ1v) is 18.5. The molecule has 0 aliphatic heterocycles. The van der Waals surface area contributed by atoms with Gasteiger partial charge in [0.15, 0.2) is 17.5 Å². The van der Waals surface area contributed by atoms with E-state index in [1.54, 1.807) is 0 Å². The lowest BCUT2D eigenvalue weighted by molar-refractivity contribution is 1.04. The first-order valence-electron chi connectivity index (χ1n) is 18.5. The van der Waals surface area contributed by atoms with Crippen LogP contribution in [0.5, 0.6) is 0 Å². The van der Waals surface area contributed by atoms with E-state index in [-0.39, 0.29) is 0 Å². The van der Waals surface area contributed by atoms with E-state index < -0.39 is 0 Å². The van der Waals surface area contributed by atoms with Gasteiger partial charge < -0.3 is 0 Å². The van der Waals surface area contributed by atoms with Crippen molar-refractivity contribution in [3.8, 4) is 78.7 Å². The zero-order chi connectivity index (χ0) is 36.1. The van der Waals surface area contributed by atoms with Crippen LogP contribution < -0.4 is 0 Å². The maximum absolute atomic E-state index is 5.13. The molecule has 0 saturated carbocycles. The Hall–Kier alpha value is -6.97. The van der Waals surface area contributed by atoms with Gasteiger partial charge in [-0.05, 0) is 92.8 Å². The molecule has 3 nitrogen and oxygen atoms in total. The summed E-state index contributed by atoms with van der Waals surface area (Å²) in [6, 6.07) is 64.0. The summed E-state index contributed by atoms with van der Waals surface area (Å²) < 4.78 is 0. The quantitative estimate of drug-likeness (QED) is 0.159. The van der Waals surface area contributed by atoms with Crippen molar-refractivity contribution in [2.24, 2.45) is 0 Å². The van der Waals surface area contributed by atoms with Gasteiger partial charge in [-0.15, -0.1) is 0 Å². The van der Waals surface area contributed by atoms with Crippen LogP contribution in [0, 0.1) is 0 Å². The molecule has 0 bridgehead atoms. The Morgan fingerprint density at radius 3 is 1.11 bits per heavy atom. The fourth-order valence-corrected chi connectivity index (χ4v) is 7.10. The van der Waals surface area contributed by atoms with Crippen LogP contribution >= 0.6 is 0 Å². The molecule has 0 fully saturated rings. The molecule has 3 heteroatoms. The lowest BCUT2D eigenvalue weighted by Gasteiger charge is -2.12. The lowest BCUT2D eigenvalue weighted by Crippen LogP contribution is -2.00. The number of benzene rings is 7. The smallest absolute Gasteiger partial charge is 0.164 e. The van der Waals surface area contributed by atoms with Crippen molar-refractivity contribution < 1.29 is 0 Å². The van der Waals surface area contributed by atoms with Crippen LogP contribution in [0.2, 0.25) is 0 Å². The predicted molar refractivity (Wildman–Crippen MR) is 224 cm³/mol. The van der Waals surface area contributed by atoms with Crippen molar-refractivity contribution in [3.05, 3.63) is 206 Å². The van der Waals surface area contributed by atoms with Gasteiger partial charge in [0, 0.05) is 16.7 Å². The maximum Gasteiger partial charge on any atom is 0.164 e. The lowest BCUT2D eigenvalue weighted by atomic mass is 9.97. The van der Waals surface area contributed by atoms with E-state index in [0.717, 1.165) is 57.3 Å². The third-order valence-corrected chi connectivity index (χ3v) is 9.95. The van der Waals surface area contributed by atoms with Gasteiger partial charge in [0.25, 0.3) is 0 Å². The fraction of sp³-hybridized carbons (Fsp3) is 0.0392. The highest BCUT2D eigenvalue weighted by Crippen LogP contribution is 2.33. The van der Waals surface area contributed by atoms with E-state index in [9.17, 15) is 0 Å². The first kappa shape index (κ1) is 32.9. The SMILES string of the molecule is C1=CC(c2cccc(-c3nc(-c4ccc(-c5cccc(-c6ccccc6)c5)cc4)nc(-c4cccc(-c5cccc(-c6ccccc6)c5)c4)n3)c2)=CCC1. The van der Waals surface area contributed by atoms with Crippen molar-refractivity contribution in [2.45, 2.75) is 12.8 Å². The minimum atomic E-state index is 0.637. The summed E-state index contributed by atoms with van der Waals surface area (Å²) in [7, 11) is 0. The zero-order valence-corrected chi connectivity index (χ0v) is 29.8. The molecule has 7 aromatic carbocycles. The van der Waals surface area contributed by atoms with E-state index in [0.29, 0.717) is 17.5 Å². The van der Waals surface area contributed by atoms with Crippen LogP contribution in [0.25, 0.3) is 84.2 Å². The standard InChI is InChI=1S/C51H37N3/c1-4-14-36(15-5-1)41-20-10-22-43(32-41)39-28-30-40(31-29-39)49-52-50(47-26-12-23-44(34-47)38-18-8-3-9-19-38)54-51(53-49)48-27-13-25-46(35-48)45-24-11-21-42(33-45)37-16-6-2-7-17-37/h1-2,4-8,10-35H,3,9H2. The van der Waals surface area contributed by atoms with E-state index in [2.05, 4.69) is 188 Å². The third kappa shape index (κ3) is 7.08. The largest absolute Gasteiger partial charge is 0.208 e. The average Bonchev–Trinajstić information content (AvgIpc) is 3.27. The molecule has 0 saturated heterocycles. The molecule has 256 valence electrons. The summed E-state index contributed by atoms with van der Waals surface area (Å²) >= 11 is 0. The number of allylic oxidation sites excluding steroid dienone is 4. The van der Waals surface area contributed by atoms with Gasteiger partial charge in [-0.2, -0.15) is 0 Å². The minimum absolute atomic E-state index is 0.637. The molecule has 1 heterocycles. The molecule has 0 radical (unpaired) electrons. The Balaban J connectivity index is 1.11. The number of hydrogen-bond donors (Lipinski definition) is 0. The Morgan fingerprint density at radius 2 is 0.630 bits per heavy atom. The van der Waals surface area contributed by atoms with Crippen molar-refractivity contribution in [2.75, 3.05) is 0 Å². The summed E-state index contributed by atoms with van der Waals surface area (Å²) in [6.45, 7) is 0. The zero-order valence-electron chi connectivity index (χ0n) is 29.8. The Morgan fingerprint density at radius 1 is 0.278 bits per heavy atom. The highest BCUT2D eigenvalue weighted by molar-refractivity contribution is 5.80. The topological polar surface area (TPSA) is 38.7 Å². The highest BCUT2D eigenvalue weighted by atomic mass is 15.0. The van der Waals surface area contributed by atoms with Gasteiger partial charge >= 0.3 is 0 Å². The molecule has 0 amide bonds. The molecule has 1 aliphatic rings. The summed E-state index contributed by atoms with van der Waals surface area (Å²) in [4.78, 5) is 15.4. The van der Waals surface area contributed by atoms with Crippen molar-refractivity contribution >= 4 is 5.57 Å². The molecule has 0 unspecified atom stereocenters. The molecule has 54 heavy (non-hydrogen) atoms. The van der Waals surface area contributed by atoms with Crippen molar-refractivity contribution in [1.82, 2.24) is 15.0 Å². The van der Waals surface area contributed by atoms with Crippen LogP contribution in [0.1, 0.15) is 18.4 Å². The first-order chi connectivity index (χ1) is 26.7. The maximum atomic E-state index is 5.13. The average molecular weight is 692 g/mol. The molecule has 1 aromatic heterocycles. The monoisotopic (exact) mass is 691 g/mol. The van der Waals surface area contributed by atoms with E-state index in [4.69, 9.17) is 15.0 Å². The second-order valence-electron chi connectivity index (χ2n) is 13.6. The second kappa shape index (κ2) is 14.9. The summed E-state index contributed by atoms with van der Waals surface area (Å²) in [5.74, 6) is 1.92. The van der Waals surface area contributed by atoms with Gasteiger partial charge in [0.1, 0.15) is 0 Å². The number of aromatic nitrogens is 3. The van der Waals surface area contributed by atoms with Gasteiger partial charge in [-0.1, -0.05) is 176 Å². The number of rotatable bonds is 8. The molecule has 1 aliphatic carbocycles. The van der Waals surface area contributed by atoms with Crippen molar-refractivity contribution in [3.63, 3.8) is 0 Å². The highest BCUT2D eigenvalue weighted by Gasteiger charge is 2.15. The van der Waals surface area contributed by atoms with Crippen LogP contribution in [-0.2, 0) is 0 Å². The molecular weight excluding hydrogens is 655 g/mol. The van der Waals surface area contributed by atoms with Crippen LogP contribution in [0.4, 0.5) is 0 Å². The molecule has 0 atom stereocenters. The van der Waals surface area contributed by atoms with Crippen molar-refractivity contribution in [1.29, 1.82) is 0 Å². The van der Waals surface area contributed by atoms with Gasteiger partial charge in [-0.3, -0.25) is 0 Å². The van der Waals surface area contributed by atoms with Gasteiger partial charge in [0.2, 0.25) is 0 Å². The molecule has 8 aromatic rings. The predicted octanol–water partition coefficient (Wildman–Crippen LogP) is 13.3. The molecule has 9 rings (SSSR count). The second-order valence-corrected chi connectivity index (χ2v) is 13.6. The normalized spacial score (nSPS) is 12.3. The summed E-state index contributed by atoms with van der Waals surface area (Å²) in [6.07, 6.45) is 8.88. The number of hydrogen-bond acceptors (Lipinski definition) is 3. The van der Waals surface area contributed by atoms with Crippen LogP contribution in [-0.4, -0.2) is 15.0 Å². The third-order valence-electron chi connectivity index (χ3n) is 9.95. The van der Waals surface area contributed by atoms with E-state index in [1.165, 1.54) is 27.8 Å². The van der Waals surface area contributed by atoms with Gasteiger partial charge in [0.05, 0.1) is 0 Å². The van der Waals surface area contributed by atoms with E-state index in [1.807, 2.05) is 12.1 Å². The number of nitrogens with zero attached hydrogens (tertiary/aromatic N) is 3. The Labute approximate surface area is 316 Å². The van der Waals surface area contributed by atoms with E-state index >= 15 is 0 Å². The Kier molecular flexibility index (Phi) is 9.11. The van der Waals surface area contributed by atoms with Crippen LogP contribution in [0.3, 0.4) is 0 Å². The fourth-order valence-electron chi connectivity index (χ4n) is 7.10. The summed E-state index contributed by atoms with van der Waals surface area (Å²) in [5.41, 5.74) is 14.5. The summed E-state index contributed by atoms with van der Waals surface area (Å²) in [5, 5.41) is 0. The molecule has 0 N–H and O–H groups in total. The van der Waals surface area contributed by atoms with Gasteiger partial charge in [-0.25, -0.2) is 15.0 Å². The molecular formula is C51H37N3. The Bertz CT molecular complexity index is 2640. The van der Waals surface area contributed by atoms with Crippen LogP contribution in [0.15, 0.2) is 200 Å². The molecule has 0 spiro atoms. The minimum Gasteiger partial charge on any atom is -0.208 e.